The molecule has 0 N–H and O–H groups in total. The number of halogens is 2. The molecule has 0 saturated carbocycles. The van der Waals surface area contributed by atoms with E-state index in [0.717, 1.165) is 32.8 Å². The maximum Gasteiger partial charge on any atom is 0.164 e. The standard InChI is InChI=1S/C13H15Cl2NO2/c14-11-2-1-10(9-12(11)15)13(17)3-4-16-5-7-18-8-6-16/h1-2,9H,3-8H2. The first-order valence-electron chi connectivity index (χ1n) is 5.95. The SMILES string of the molecule is O=C(CCN1CCOCC1)c1ccc(Cl)c(Cl)c1. The molecule has 1 heterocycles. The fourth-order valence-electron chi connectivity index (χ4n) is 1.90. The van der Waals surface area contributed by atoms with E-state index in [1.165, 1.54) is 0 Å². The Balaban J connectivity index is 1.88. The average molecular weight is 288 g/mol. The molecule has 2 rings (SSSR count). The lowest BCUT2D eigenvalue weighted by molar-refractivity contribution is 0.0370. The van der Waals surface area contributed by atoms with Gasteiger partial charge < -0.3 is 4.74 Å². The van der Waals surface area contributed by atoms with Crippen LogP contribution in [0.25, 0.3) is 0 Å². The largest absolute Gasteiger partial charge is 0.379 e. The third kappa shape index (κ3) is 3.69. The molecule has 1 aliphatic rings. The van der Waals surface area contributed by atoms with Crippen molar-refractivity contribution in [3.05, 3.63) is 33.8 Å². The second-order valence-electron chi connectivity index (χ2n) is 4.26. The maximum absolute atomic E-state index is 12.0. The lowest BCUT2D eigenvalue weighted by atomic mass is 10.1. The van der Waals surface area contributed by atoms with Gasteiger partial charge in [-0.2, -0.15) is 0 Å². The highest BCUT2D eigenvalue weighted by Crippen LogP contribution is 2.23. The zero-order valence-electron chi connectivity index (χ0n) is 9.99. The first-order valence-corrected chi connectivity index (χ1v) is 6.71. The van der Waals surface area contributed by atoms with Crippen LogP contribution < -0.4 is 0 Å². The summed E-state index contributed by atoms with van der Waals surface area (Å²) >= 11 is 11.7. The fraction of sp³-hybridized carbons (Fsp3) is 0.462. The van der Waals surface area contributed by atoms with Crippen LogP contribution in [-0.4, -0.2) is 43.5 Å². The number of carbonyl (C=O) groups excluding carboxylic acids is 1. The number of ether oxygens (including phenoxy) is 1. The monoisotopic (exact) mass is 287 g/mol. The Morgan fingerprint density at radius 3 is 2.61 bits per heavy atom. The zero-order chi connectivity index (χ0) is 13.0. The molecule has 3 nitrogen and oxygen atoms in total. The smallest absolute Gasteiger partial charge is 0.164 e. The van der Waals surface area contributed by atoms with Crippen LogP contribution in [0.4, 0.5) is 0 Å². The fourth-order valence-corrected chi connectivity index (χ4v) is 2.20. The third-order valence-electron chi connectivity index (χ3n) is 3.00. The van der Waals surface area contributed by atoms with Crippen LogP contribution in [0.5, 0.6) is 0 Å². The highest BCUT2D eigenvalue weighted by molar-refractivity contribution is 6.42. The molecule has 5 heteroatoms. The van der Waals surface area contributed by atoms with Crippen LogP contribution in [-0.2, 0) is 4.74 Å². The number of hydrogen-bond acceptors (Lipinski definition) is 3. The molecule has 0 atom stereocenters. The summed E-state index contributed by atoms with van der Waals surface area (Å²) in [5.41, 5.74) is 0.623. The number of Topliss-reactive ketones (excluding diaryl/α,β-unsaturated/α-hetero) is 1. The van der Waals surface area contributed by atoms with Gasteiger partial charge in [0.2, 0.25) is 0 Å². The van der Waals surface area contributed by atoms with Crippen molar-refractivity contribution in [3.8, 4) is 0 Å². The van der Waals surface area contributed by atoms with Gasteiger partial charge in [0.05, 0.1) is 23.3 Å². The van der Waals surface area contributed by atoms with Crippen molar-refractivity contribution >= 4 is 29.0 Å². The molecule has 0 amide bonds. The first-order chi connectivity index (χ1) is 8.66. The van der Waals surface area contributed by atoms with E-state index in [2.05, 4.69) is 4.90 Å². The molecule has 98 valence electrons. The summed E-state index contributed by atoms with van der Waals surface area (Å²) in [6.45, 7) is 4.06. The summed E-state index contributed by atoms with van der Waals surface area (Å²) in [5.74, 6) is 0.0973. The van der Waals surface area contributed by atoms with Crippen molar-refractivity contribution in [2.45, 2.75) is 6.42 Å². The first kappa shape index (κ1) is 13.8. The molecule has 0 aliphatic carbocycles. The molecule has 1 aromatic rings. The van der Waals surface area contributed by atoms with Crippen molar-refractivity contribution < 1.29 is 9.53 Å². The van der Waals surface area contributed by atoms with Gasteiger partial charge in [-0.1, -0.05) is 23.2 Å². The molecular weight excluding hydrogens is 273 g/mol. The summed E-state index contributed by atoms with van der Waals surface area (Å²) in [6.07, 6.45) is 0.498. The van der Waals surface area contributed by atoms with Crippen LogP contribution in [0.15, 0.2) is 18.2 Å². The van der Waals surface area contributed by atoms with Gasteiger partial charge in [0, 0.05) is 31.6 Å². The van der Waals surface area contributed by atoms with E-state index in [0.29, 0.717) is 22.0 Å². The summed E-state index contributed by atoms with van der Waals surface area (Å²) < 4.78 is 5.26. The van der Waals surface area contributed by atoms with Crippen LogP contribution in [0.2, 0.25) is 10.0 Å². The van der Waals surface area contributed by atoms with Gasteiger partial charge in [-0.3, -0.25) is 9.69 Å². The maximum atomic E-state index is 12.0. The normalized spacial score (nSPS) is 16.8. The van der Waals surface area contributed by atoms with Gasteiger partial charge in [-0.15, -0.1) is 0 Å². The van der Waals surface area contributed by atoms with Crippen LogP contribution in [0, 0.1) is 0 Å². The lowest BCUT2D eigenvalue weighted by Gasteiger charge is -2.26. The van der Waals surface area contributed by atoms with Crippen LogP contribution >= 0.6 is 23.2 Å². The second-order valence-corrected chi connectivity index (χ2v) is 5.07. The summed E-state index contributed by atoms with van der Waals surface area (Å²) in [5, 5.41) is 0.898. The van der Waals surface area contributed by atoms with Crippen molar-refractivity contribution in [2.24, 2.45) is 0 Å². The van der Waals surface area contributed by atoms with E-state index in [4.69, 9.17) is 27.9 Å². The molecule has 1 aromatic carbocycles. The van der Waals surface area contributed by atoms with E-state index < -0.39 is 0 Å². The summed E-state index contributed by atoms with van der Waals surface area (Å²) in [6, 6.07) is 5.01. The molecule has 0 bridgehead atoms. The van der Waals surface area contributed by atoms with Gasteiger partial charge in [-0.25, -0.2) is 0 Å². The Hall–Kier alpha value is -0.610. The molecule has 1 saturated heterocycles. The molecular formula is C13H15Cl2NO2. The molecule has 0 unspecified atom stereocenters. The second kappa shape index (κ2) is 6.53. The van der Waals surface area contributed by atoms with Gasteiger partial charge in [0.15, 0.2) is 5.78 Å². The Kier molecular flexibility index (Phi) is 5.01. The zero-order valence-corrected chi connectivity index (χ0v) is 11.5. The van der Waals surface area contributed by atoms with E-state index in [-0.39, 0.29) is 5.78 Å². The molecule has 0 aromatic heterocycles. The Labute approximate surface area is 117 Å². The minimum Gasteiger partial charge on any atom is -0.379 e. The number of hydrogen-bond donors (Lipinski definition) is 0. The van der Waals surface area contributed by atoms with E-state index in [1.54, 1.807) is 18.2 Å². The van der Waals surface area contributed by atoms with E-state index >= 15 is 0 Å². The Bertz CT molecular complexity index is 431. The highest BCUT2D eigenvalue weighted by Gasteiger charge is 2.13. The highest BCUT2D eigenvalue weighted by atomic mass is 35.5. The number of rotatable bonds is 4. The summed E-state index contributed by atoms with van der Waals surface area (Å²) in [4.78, 5) is 14.2. The molecule has 0 spiro atoms. The Morgan fingerprint density at radius 1 is 1.22 bits per heavy atom. The number of nitrogens with zero attached hydrogens (tertiary/aromatic N) is 1. The number of benzene rings is 1. The lowest BCUT2D eigenvalue weighted by Crippen LogP contribution is -2.37. The Morgan fingerprint density at radius 2 is 1.94 bits per heavy atom. The molecule has 1 fully saturated rings. The van der Waals surface area contributed by atoms with Crippen molar-refractivity contribution in [1.82, 2.24) is 4.90 Å². The van der Waals surface area contributed by atoms with Crippen molar-refractivity contribution in [1.29, 1.82) is 0 Å². The predicted molar refractivity (Wildman–Crippen MR) is 72.7 cm³/mol. The van der Waals surface area contributed by atoms with Crippen molar-refractivity contribution in [2.75, 3.05) is 32.8 Å². The van der Waals surface area contributed by atoms with E-state index in [1.807, 2.05) is 0 Å². The van der Waals surface area contributed by atoms with Gasteiger partial charge in [-0.05, 0) is 18.2 Å². The predicted octanol–water partition coefficient (Wildman–Crippen LogP) is 2.90. The number of ketones is 1. The quantitative estimate of drug-likeness (QED) is 0.798. The minimum atomic E-state index is 0.0973. The third-order valence-corrected chi connectivity index (χ3v) is 3.74. The molecule has 18 heavy (non-hydrogen) atoms. The number of carbonyl (C=O) groups is 1. The topological polar surface area (TPSA) is 29.5 Å². The van der Waals surface area contributed by atoms with Gasteiger partial charge in [0.25, 0.3) is 0 Å². The number of morpholine rings is 1. The van der Waals surface area contributed by atoms with E-state index in [9.17, 15) is 4.79 Å². The summed E-state index contributed by atoms with van der Waals surface area (Å²) in [7, 11) is 0. The average Bonchev–Trinajstić information content (AvgIpc) is 2.40. The van der Waals surface area contributed by atoms with Gasteiger partial charge >= 0.3 is 0 Å². The van der Waals surface area contributed by atoms with Crippen molar-refractivity contribution in [3.63, 3.8) is 0 Å². The van der Waals surface area contributed by atoms with Crippen LogP contribution in [0.3, 0.4) is 0 Å². The van der Waals surface area contributed by atoms with Crippen LogP contribution in [0.1, 0.15) is 16.8 Å². The van der Waals surface area contributed by atoms with Gasteiger partial charge in [0.1, 0.15) is 0 Å². The molecule has 1 aliphatic heterocycles. The molecule has 0 radical (unpaired) electrons. The minimum absolute atomic E-state index is 0.0973.